The Hall–Kier alpha value is -1.35. The Kier molecular flexibility index (Phi) is 4.13. The van der Waals surface area contributed by atoms with Crippen LogP contribution in [0.2, 0.25) is 0 Å². The van der Waals surface area contributed by atoms with Crippen molar-refractivity contribution in [2.75, 3.05) is 6.54 Å². The van der Waals surface area contributed by atoms with E-state index >= 15 is 0 Å². The molecule has 0 bridgehead atoms. The number of thiophene rings is 1. The molecule has 0 unspecified atom stereocenters. The van der Waals surface area contributed by atoms with Crippen LogP contribution in [-0.2, 0) is 6.42 Å². The van der Waals surface area contributed by atoms with E-state index in [4.69, 9.17) is 0 Å². The smallest absolute Gasteiger partial charge is 0.261 e. The van der Waals surface area contributed by atoms with E-state index in [1.54, 1.807) is 12.2 Å². The van der Waals surface area contributed by atoms with E-state index in [0.29, 0.717) is 6.54 Å². The molecule has 0 spiro atoms. The van der Waals surface area contributed by atoms with Gasteiger partial charge in [-0.25, -0.2) is 0 Å². The van der Waals surface area contributed by atoms with Gasteiger partial charge in [0.15, 0.2) is 0 Å². The Balaban J connectivity index is 2.72. The highest BCUT2D eigenvalue weighted by Gasteiger charge is 2.10. The standard InChI is InChI=1S/C11H13NOS/c1-3-5-9-6-8-14-10(9)11(13)12-7-4-2/h3-4,6,8H,1-2,5,7H2,(H,12,13). The Morgan fingerprint density at radius 2 is 2.29 bits per heavy atom. The molecule has 0 aromatic carbocycles. The van der Waals surface area contributed by atoms with E-state index in [1.165, 1.54) is 11.3 Å². The molecule has 74 valence electrons. The normalized spacial score (nSPS) is 9.43. The Bertz CT molecular complexity index is 341. The molecule has 0 saturated carbocycles. The lowest BCUT2D eigenvalue weighted by atomic mass is 10.2. The highest BCUT2D eigenvalue weighted by molar-refractivity contribution is 7.12. The minimum Gasteiger partial charge on any atom is -0.348 e. The van der Waals surface area contributed by atoms with E-state index in [2.05, 4.69) is 18.5 Å². The number of allylic oxidation sites excluding steroid dienone is 1. The molecule has 1 heterocycles. The molecule has 1 aromatic heterocycles. The fourth-order valence-electron chi connectivity index (χ4n) is 1.10. The Morgan fingerprint density at radius 1 is 1.50 bits per heavy atom. The van der Waals surface area contributed by atoms with Crippen molar-refractivity contribution >= 4 is 17.2 Å². The van der Waals surface area contributed by atoms with Gasteiger partial charge in [-0.2, -0.15) is 0 Å². The average molecular weight is 207 g/mol. The SMILES string of the molecule is C=CCNC(=O)c1sccc1CC=C. The molecule has 2 nitrogen and oxygen atoms in total. The first kappa shape index (κ1) is 10.7. The average Bonchev–Trinajstić information content (AvgIpc) is 2.63. The van der Waals surface area contributed by atoms with Crippen molar-refractivity contribution in [1.82, 2.24) is 5.32 Å². The lowest BCUT2D eigenvalue weighted by Crippen LogP contribution is -2.23. The quantitative estimate of drug-likeness (QED) is 0.738. The molecule has 3 heteroatoms. The second kappa shape index (κ2) is 5.40. The summed E-state index contributed by atoms with van der Waals surface area (Å²) in [6, 6.07) is 1.95. The summed E-state index contributed by atoms with van der Waals surface area (Å²) in [6.45, 7) is 7.70. The van der Waals surface area contributed by atoms with Crippen molar-refractivity contribution in [3.63, 3.8) is 0 Å². The van der Waals surface area contributed by atoms with Crippen molar-refractivity contribution < 1.29 is 4.79 Å². The predicted octanol–water partition coefficient (Wildman–Crippen LogP) is 2.39. The molecule has 14 heavy (non-hydrogen) atoms. The zero-order valence-corrected chi connectivity index (χ0v) is 8.77. The molecule has 1 amide bonds. The second-order valence-corrected chi connectivity index (χ2v) is 3.68. The summed E-state index contributed by atoms with van der Waals surface area (Å²) >= 11 is 1.45. The highest BCUT2D eigenvalue weighted by Crippen LogP contribution is 2.17. The summed E-state index contributed by atoms with van der Waals surface area (Å²) in [5.74, 6) is -0.0308. The van der Waals surface area contributed by atoms with Crippen LogP contribution in [-0.4, -0.2) is 12.5 Å². The zero-order chi connectivity index (χ0) is 10.4. The first-order valence-electron chi connectivity index (χ1n) is 4.36. The first-order valence-corrected chi connectivity index (χ1v) is 5.24. The monoisotopic (exact) mass is 207 g/mol. The maximum absolute atomic E-state index is 11.6. The van der Waals surface area contributed by atoms with Gasteiger partial charge in [0.1, 0.15) is 0 Å². The molecule has 1 aromatic rings. The van der Waals surface area contributed by atoms with Crippen LogP contribution in [0, 0.1) is 0 Å². The van der Waals surface area contributed by atoms with Gasteiger partial charge in [-0.05, 0) is 23.4 Å². The molecule has 0 fully saturated rings. The third-order valence-corrected chi connectivity index (χ3v) is 2.68. The summed E-state index contributed by atoms with van der Waals surface area (Å²) in [7, 11) is 0. The van der Waals surface area contributed by atoms with E-state index in [-0.39, 0.29) is 5.91 Å². The van der Waals surface area contributed by atoms with Crippen LogP contribution >= 0.6 is 11.3 Å². The Labute approximate surface area is 88.0 Å². The van der Waals surface area contributed by atoms with Gasteiger partial charge in [0, 0.05) is 6.54 Å². The topological polar surface area (TPSA) is 29.1 Å². The first-order chi connectivity index (χ1) is 6.79. The molecule has 0 saturated heterocycles. The minimum absolute atomic E-state index is 0.0308. The summed E-state index contributed by atoms with van der Waals surface area (Å²) in [5.41, 5.74) is 1.03. The fourth-order valence-corrected chi connectivity index (χ4v) is 1.95. The summed E-state index contributed by atoms with van der Waals surface area (Å²) in [6.07, 6.45) is 4.20. The number of carbonyl (C=O) groups excluding carboxylic acids is 1. The van der Waals surface area contributed by atoms with E-state index in [1.807, 2.05) is 11.4 Å². The van der Waals surface area contributed by atoms with Crippen molar-refractivity contribution in [2.24, 2.45) is 0 Å². The van der Waals surface area contributed by atoms with Crippen LogP contribution < -0.4 is 5.32 Å². The van der Waals surface area contributed by atoms with E-state index < -0.39 is 0 Å². The van der Waals surface area contributed by atoms with E-state index in [9.17, 15) is 4.79 Å². The second-order valence-electron chi connectivity index (χ2n) is 2.77. The zero-order valence-electron chi connectivity index (χ0n) is 7.95. The molecule has 0 atom stereocenters. The maximum Gasteiger partial charge on any atom is 0.261 e. The lowest BCUT2D eigenvalue weighted by Gasteiger charge is -2.01. The number of amides is 1. The van der Waals surface area contributed by atoms with Crippen LogP contribution in [0.15, 0.2) is 36.8 Å². The van der Waals surface area contributed by atoms with Gasteiger partial charge in [0.25, 0.3) is 5.91 Å². The van der Waals surface area contributed by atoms with Gasteiger partial charge >= 0.3 is 0 Å². The van der Waals surface area contributed by atoms with Crippen LogP contribution in [0.3, 0.4) is 0 Å². The largest absolute Gasteiger partial charge is 0.348 e. The van der Waals surface area contributed by atoms with Crippen LogP contribution in [0.1, 0.15) is 15.2 Å². The summed E-state index contributed by atoms with van der Waals surface area (Å²) in [4.78, 5) is 12.3. The fraction of sp³-hybridized carbons (Fsp3) is 0.182. The highest BCUT2D eigenvalue weighted by atomic mass is 32.1. The van der Waals surface area contributed by atoms with Crippen LogP contribution in [0.4, 0.5) is 0 Å². The minimum atomic E-state index is -0.0308. The van der Waals surface area contributed by atoms with Gasteiger partial charge in [0.2, 0.25) is 0 Å². The van der Waals surface area contributed by atoms with E-state index in [0.717, 1.165) is 16.9 Å². The predicted molar refractivity (Wildman–Crippen MR) is 60.8 cm³/mol. The number of nitrogens with one attached hydrogen (secondary N) is 1. The van der Waals surface area contributed by atoms with Gasteiger partial charge in [-0.15, -0.1) is 24.5 Å². The molecule has 0 aliphatic carbocycles. The van der Waals surface area contributed by atoms with Crippen molar-refractivity contribution in [1.29, 1.82) is 0 Å². The molecule has 1 N–H and O–H groups in total. The van der Waals surface area contributed by atoms with Crippen molar-refractivity contribution in [2.45, 2.75) is 6.42 Å². The lowest BCUT2D eigenvalue weighted by molar-refractivity contribution is 0.0961. The molecule has 1 rings (SSSR count). The molecule has 0 aliphatic rings. The number of rotatable bonds is 5. The van der Waals surface area contributed by atoms with Gasteiger partial charge in [-0.1, -0.05) is 12.2 Å². The number of carbonyl (C=O) groups is 1. The summed E-state index contributed by atoms with van der Waals surface area (Å²) in [5, 5.41) is 4.67. The van der Waals surface area contributed by atoms with Crippen molar-refractivity contribution in [3.8, 4) is 0 Å². The van der Waals surface area contributed by atoms with Gasteiger partial charge < -0.3 is 5.32 Å². The number of hydrogen-bond donors (Lipinski definition) is 1. The van der Waals surface area contributed by atoms with Crippen LogP contribution in [0.25, 0.3) is 0 Å². The van der Waals surface area contributed by atoms with Gasteiger partial charge in [-0.3, -0.25) is 4.79 Å². The molecular formula is C11H13NOS. The molecular weight excluding hydrogens is 194 g/mol. The third kappa shape index (κ3) is 2.57. The Morgan fingerprint density at radius 3 is 2.93 bits per heavy atom. The van der Waals surface area contributed by atoms with Gasteiger partial charge in [0.05, 0.1) is 4.88 Å². The summed E-state index contributed by atoms with van der Waals surface area (Å²) < 4.78 is 0. The molecule has 0 radical (unpaired) electrons. The number of hydrogen-bond acceptors (Lipinski definition) is 2. The maximum atomic E-state index is 11.6. The third-order valence-electron chi connectivity index (χ3n) is 1.72. The molecule has 0 aliphatic heterocycles. The van der Waals surface area contributed by atoms with Crippen molar-refractivity contribution in [3.05, 3.63) is 47.2 Å². The van der Waals surface area contributed by atoms with Crippen LogP contribution in [0.5, 0.6) is 0 Å².